The summed E-state index contributed by atoms with van der Waals surface area (Å²) < 4.78 is 1.06. The molecule has 3 nitrogen and oxygen atoms in total. The second kappa shape index (κ2) is 4.74. The zero-order valence-corrected chi connectivity index (χ0v) is 9.48. The van der Waals surface area contributed by atoms with Gasteiger partial charge >= 0.3 is 5.97 Å². The summed E-state index contributed by atoms with van der Waals surface area (Å²) in [6.45, 7) is 1.94. The molecular weight excluding hydrogens is 254 g/mol. The van der Waals surface area contributed by atoms with Crippen molar-refractivity contribution in [3.05, 3.63) is 20.8 Å². The quantitative estimate of drug-likeness (QED) is 0.876. The van der Waals surface area contributed by atoms with Gasteiger partial charge in [-0.1, -0.05) is 0 Å². The number of carboxylic acids is 1. The number of rotatable bonds is 4. The number of halogens is 1. The molecule has 5 heteroatoms. The van der Waals surface area contributed by atoms with Gasteiger partial charge in [0.2, 0.25) is 0 Å². The molecule has 2 N–H and O–H groups in total. The summed E-state index contributed by atoms with van der Waals surface area (Å²) in [7, 11) is 0. The van der Waals surface area contributed by atoms with E-state index in [2.05, 4.69) is 21.2 Å². The van der Waals surface area contributed by atoms with Gasteiger partial charge in [0.05, 0.1) is 10.3 Å². The summed E-state index contributed by atoms with van der Waals surface area (Å²) in [4.78, 5) is 11.4. The first kappa shape index (κ1) is 10.7. The van der Waals surface area contributed by atoms with E-state index in [1.165, 1.54) is 0 Å². The van der Waals surface area contributed by atoms with Crippen LogP contribution >= 0.6 is 27.3 Å². The molecule has 0 spiro atoms. The molecular formula is C8H10BrNO2S. The van der Waals surface area contributed by atoms with Gasteiger partial charge in [0.1, 0.15) is 0 Å². The maximum absolute atomic E-state index is 10.3. The molecule has 0 fully saturated rings. The van der Waals surface area contributed by atoms with Crippen molar-refractivity contribution < 1.29 is 9.90 Å². The maximum atomic E-state index is 10.3. The highest BCUT2D eigenvalue weighted by molar-refractivity contribution is 9.11. The van der Waals surface area contributed by atoms with Gasteiger partial charge in [-0.2, -0.15) is 0 Å². The number of aliphatic carboxylic acids is 1. The van der Waals surface area contributed by atoms with Crippen molar-refractivity contribution in [2.75, 3.05) is 6.54 Å². The lowest BCUT2D eigenvalue weighted by molar-refractivity contribution is -0.136. The highest BCUT2D eigenvalue weighted by atomic mass is 79.9. The second-order valence-electron chi connectivity index (χ2n) is 2.64. The minimum Gasteiger partial charge on any atom is -0.480 e. The fourth-order valence-corrected chi connectivity index (χ4v) is 2.35. The Morgan fingerprint density at radius 2 is 2.46 bits per heavy atom. The Bertz CT molecular complexity index is 300. The molecule has 1 unspecified atom stereocenters. The van der Waals surface area contributed by atoms with Crippen molar-refractivity contribution in [2.45, 2.75) is 13.0 Å². The minimum absolute atomic E-state index is 0.00329. The third-order valence-electron chi connectivity index (χ3n) is 1.58. The Hall–Kier alpha value is -0.390. The molecule has 0 aromatic carbocycles. The lowest BCUT2D eigenvalue weighted by Crippen LogP contribution is -2.24. The van der Waals surface area contributed by atoms with Crippen LogP contribution in [0.2, 0.25) is 0 Å². The molecule has 13 heavy (non-hydrogen) atoms. The molecule has 0 radical (unpaired) electrons. The lowest BCUT2D eigenvalue weighted by atomic mass is 10.3. The monoisotopic (exact) mass is 263 g/mol. The fourth-order valence-electron chi connectivity index (χ4n) is 0.902. The molecule has 1 aromatic heterocycles. The van der Waals surface area contributed by atoms with E-state index in [4.69, 9.17) is 5.11 Å². The first-order chi connectivity index (χ1) is 6.09. The number of carboxylic acid groups (broad SMARTS) is 1. The molecule has 0 amide bonds. The van der Waals surface area contributed by atoms with Gasteiger partial charge in [0.15, 0.2) is 0 Å². The van der Waals surface area contributed by atoms with Crippen LogP contribution in [-0.2, 0) is 4.79 Å². The molecule has 0 aliphatic rings. The van der Waals surface area contributed by atoms with E-state index in [1.807, 2.05) is 19.1 Å². The summed E-state index contributed by atoms with van der Waals surface area (Å²) in [6, 6.07) is 4.03. The topological polar surface area (TPSA) is 49.3 Å². The van der Waals surface area contributed by atoms with Crippen LogP contribution in [-0.4, -0.2) is 17.6 Å². The zero-order valence-electron chi connectivity index (χ0n) is 7.08. The predicted octanol–water partition coefficient (Wildman–Crippen LogP) is 2.25. The third-order valence-corrected chi connectivity index (χ3v) is 3.39. The van der Waals surface area contributed by atoms with Gasteiger partial charge in [0, 0.05) is 10.9 Å². The Morgan fingerprint density at radius 1 is 1.77 bits per heavy atom. The Labute approximate surface area is 88.9 Å². The number of carbonyl (C=O) groups is 1. The van der Waals surface area contributed by atoms with Crippen LogP contribution in [0.5, 0.6) is 0 Å². The summed E-state index contributed by atoms with van der Waals surface area (Å²) in [5.74, 6) is -0.831. The molecule has 1 rings (SSSR count). The summed E-state index contributed by atoms with van der Waals surface area (Å²) >= 11 is 4.96. The average molecular weight is 264 g/mol. The molecule has 0 saturated carbocycles. The zero-order chi connectivity index (χ0) is 9.84. The number of thiophene rings is 1. The summed E-state index contributed by atoms with van der Waals surface area (Å²) in [5.41, 5.74) is 0. The third kappa shape index (κ3) is 3.46. The van der Waals surface area contributed by atoms with E-state index in [0.717, 1.165) is 8.66 Å². The van der Waals surface area contributed by atoms with Crippen LogP contribution in [0.25, 0.3) is 0 Å². The van der Waals surface area contributed by atoms with Crippen molar-refractivity contribution in [2.24, 2.45) is 0 Å². The Balaban J connectivity index is 2.48. The molecule has 0 aliphatic heterocycles. The van der Waals surface area contributed by atoms with E-state index in [-0.39, 0.29) is 12.6 Å². The molecule has 1 aromatic rings. The van der Waals surface area contributed by atoms with Crippen molar-refractivity contribution in [1.82, 2.24) is 5.32 Å². The van der Waals surface area contributed by atoms with Gasteiger partial charge < -0.3 is 5.11 Å². The molecule has 72 valence electrons. The van der Waals surface area contributed by atoms with E-state index in [1.54, 1.807) is 11.3 Å². The fraction of sp³-hybridized carbons (Fsp3) is 0.375. The number of nitrogens with one attached hydrogen (secondary N) is 1. The van der Waals surface area contributed by atoms with Gasteiger partial charge in [-0.3, -0.25) is 10.1 Å². The summed E-state index contributed by atoms with van der Waals surface area (Å²) in [5, 5.41) is 11.3. The van der Waals surface area contributed by atoms with Gasteiger partial charge in [-0.15, -0.1) is 11.3 Å². The van der Waals surface area contributed by atoms with Gasteiger partial charge in [-0.25, -0.2) is 0 Å². The SMILES string of the molecule is CC(NCC(=O)O)c1ccc(Br)s1. The standard InChI is InChI=1S/C8H10BrNO2S/c1-5(10-4-8(11)12)6-2-3-7(9)13-6/h2-3,5,10H,4H2,1H3,(H,11,12). The average Bonchev–Trinajstić information content (AvgIpc) is 2.47. The van der Waals surface area contributed by atoms with Crippen LogP contribution < -0.4 is 5.32 Å². The Kier molecular flexibility index (Phi) is 3.90. The van der Waals surface area contributed by atoms with Gasteiger partial charge in [0.25, 0.3) is 0 Å². The molecule has 1 atom stereocenters. The highest BCUT2D eigenvalue weighted by Crippen LogP contribution is 2.26. The van der Waals surface area contributed by atoms with Gasteiger partial charge in [-0.05, 0) is 35.0 Å². The molecule has 1 heterocycles. The first-order valence-corrected chi connectivity index (χ1v) is 5.41. The number of hydrogen-bond acceptors (Lipinski definition) is 3. The molecule has 0 saturated heterocycles. The molecule has 0 bridgehead atoms. The second-order valence-corrected chi connectivity index (χ2v) is 5.13. The van der Waals surface area contributed by atoms with Crippen LogP contribution in [0.1, 0.15) is 17.8 Å². The maximum Gasteiger partial charge on any atom is 0.317 e. The van der Waals surface area contributed by atoms with E-state index < -0.39 is 5.97 Å². The number of hydrogen-bond donors (Lipinski definition) is 2. The van der Waals surface area contributed by atoms with E-state index >= 15 is 0 Å². The van der Waals surface area contributed by atoms with Crippen molar-refractivity contribution >= 4 is 33.2 Å². The van der Waals surface area contributed by atoms with E-state index in [9.17, 15) is 4.79 Å². The van der Waals surface area contributed by atoms with Crippen LogP contribution in [0, 0.1) is 0 Å². The molecule has 0 aliphatic carbocycles. The smallest absolute Gasteiger partial charge is 0.317 e. The van der Waals surface area contributed by atoms with Crippen LogP contribution in [0.15, 0.2) is 15.9 Å². The minimum atomic E-state index is -0.831. The first-order valence-electron chi connectivity index (χ1n) is 3.80. The Morgan fingerprint density at radius 3 is 2.92 bits per heavy atom. The summed E-state index contributed by atoms with van der Waals surface area (Å²) in [6.07, 6.45) is 0. The van der Waals surface area contributed by atoms with Crippen LogP contribution in [0.3, 0.4) is 0 Å². The predicted molar refractivity (Wildman–Crippen MR) is 56.1 cm³/mol. The largest absolute Gasteiger partial charge is 0.480 e. The van der Waals surface area contributed by atoms with Crippen LogP contribution in [0.4, 0.5) is 0 Å². The van der Waals surface area contributed by atoms with Crippen molar-refractivity contribution in [3.63, 3.8) is 0 Å². The lowest BCUT2D eigenvalue weighted by Gasteiger charge is -2.08. The van der Waals surface area contributed by atoms with E-state index in [0.29, 0.717) is 0 Å². The normalized spacial score (nSPS) is 12.8. The van der Waals surface area contributed by atoms with Crippen molar-refractivity contribution in [3.8, 4) is 0 Å². The van der Waals surface area contributed by atoms with Crippen molar-refractivity contribution in [1.29, 1.82) is 0 Å². The highest BCUT2D eigenvalue weighted by Gasteiger charge is 2.08.